The van der Waals surface area contributed by atoms with Crippen LogP contribution in [-0.2, 0) is 0 Å². The molecule has 1 saturated heterocycles. The first-order valence-corrected chi connectivity index (χ1v) is 6.21. The lowest BCUT2D eigenvalue weighted by Gasteiger charge is -2.55. The highest BCUT2D eigenvalue weighted by molar-refractivity contribution is 4.83. The Morgan fingerprint density at radius 1 is 0.786 bits per heavy atom. The SMILES string of the molecule is CC[N+]1(C)C(C)C(C)C(C)C(C)C1C. The fourth-order valence-electron chi connectivity index (χ4n) is 3.38. The van der Waals surface area contributed by atoms with Crippen LogP contribution in [0.5, 0.6) is 0 Å². The molecule has 1 heterocycles. The van der Waals surface area contributed by atoms with Gasteiger partial charge in [-0.15, -0.1) is 0 Å². The third-order valence-corrected chi connectivity index (χ3v) is 5.72. The zero-order valence-electron chi connectivity index (χ0n) is 11.0. The summed E-state index contributed by atoms with van der Waals surface area (Å²) in [6.07, 6.45) is 0. The molecule has 1 fully saturated rings. The van der Waals surface area contributed by atoms with Gasteiger partial charge in [-0.3, -0.25) is 0 Å². The third-order valence-electron chi connectivity index (χ3n) is 5.72. The molecule has 0 N–H and O–H groups in total. The summed E-state index contributed by atoms with van der Waals surface area (Å²) in [5.74, 6) is 2.58. The summed E-state index contributed by atoms with van der Waals surface area (Å²) in [5.41, 5.74) is 0. The van der Waals surface area contributed by atoms with Crippen LogP contribution >= 0.6 is 0 Å². The van der Waals surface area contributed by atoms with Crippen molar-refractivity contribution in [2.24, 2.45) is 17.8 Å². The maximum absolute atomic E-state index is 2.44. The molecule has 0 aromatic heterocycles. The lowest BCUT2D eigenvalue weighted by molar-refractivity contribution is -0.965. The van der Waals surface area contributed by atoms with Gasteiger partial charge in [0.1, 0.15) is 0 Å². The van der Waals surface area contributed by atoms with Crippen molar-refractivity contribution in [1.29, 1.82) is 0 Å². The summed E-state index contributed by atoms with van der Waals surface area (Å²) in [4.78, 5) is 0. The monoisotopic (exact) mass is 198 g/mol. The van der Waals surface area contributed by atoms with E-state index in [0.29, 0.717) is 0 Å². The fourth-order valence-corrected chi connectivity index (χ4v) is 3.38. The Hall–Kier alpha value is -0.0400. The van der Waals surface area contributed by atoms with Gasteiger partial charge in [-0.25, -0.2) is 0 Å². The van der Waals surface area contributed by atoms with Crippen molar-refractivity contribution in [3.05, 3.63) is 0 Å². The van der Waals surface area contributed by atoms with Crippen LogP contribution in [0.2, 0.25) is 0 Å². The first-order chi connectivity index (χ1) is 6.36. The van der Waals surface area contributed by atoms with Crippen molar-refractivity contribution in [1.82, 2.24) is 0 Å². The Morgan fingerprint density at radius 3 is 1.43 bits per heavy atom. The summed E-state index contributed by atoms with van der Waals surface area (Å²) >= 11 is 0. The molecule has 4 unspecified atom stereocenters. The Balaban J connectivity index is 2.98. The van der Waals surface area contributed by atoms with Crippen molar-refractivity contribution in [3.63, 3.8) is 0 Å². The quantitative estimate of drug-likeness (QED) is 0.568. The minimum Gasteiger partial charge on any atom is -0.321 e. The van der Waals surface area contributed by atoms with Crippen LogP contribution < -0.4 is 0 Å². The molecule has 1 aliphatic heterocycles. The van der Waals surface area contributed by atoms with E-state index in [1.54, 1.807) is 0 Å². The Morgan fingerprint density at radius 2 is 1.14 bits per heavy atom. The van der Waals surface area contributed by atoms with E-state index < -0.39 is 0 Å². The van der Waals surface area contributed by atoms with Gasteiger partial charge < -0.3 is 4.48 Å². The maximum Gasteiger partial charge on any atom is 0.0890 e. The Kier molecular flexibility index (Phi) is 3.30. The summed E-state index contributed by atoms with van der Waals surface area (Å²) < 4.78 is 1.26. The standard InChI is InChI=1S/C13H28N/c1-8-14(7)12(5)10(3)9(2)11(4)13(14)6/h9-13H,8H2,1-7H3/q+1. The summed E-state index contributed by atoms with van der Waals surface area (Å²) in [7, 11) is 2.44. The molecule has 1 aliphatic rings. The number of quaternary nitrogens is 1. The number of piperidine rings is 1. The molecule has 0 amide bonds. The maximum atomic E-state index is 2.44. The largest absolute Gasteiger partial charge is 0.321 e. The molecule has 14 heavy (non-hydrogen) atoms. The van der Waals surface area contributed by atoms with Gasteiger partial charge in [-0.05, 0) is 26.7 Å². The second-order valence-electron chi connectivity index (χ2n) is 5.72. The van der Waals surface area contributed by atoms with Gasteiger partial charge in [0.15, 0.2) is 0 Å². The van der Waals surface area contributed by atoms with Gasteiger partial charge >= 0.3 is 0 Å². The zero-order valence-corrected chi connectivity index (χ0v) is 11.0. The molecule has 0 radical (unpaired) electrons. The average molecular weight is 198 g/mol. The molecule has 0 bridgehead atoms. The third kappa shape index (κ3) is 1.50. The van der Waals surface area contributed by atoms with E-state index in [0.717, 1.165) is 29.8 Å². The molecule has 1 rings (SSSR count). The predicted octanol–water partition coefficient (Wildman–Crippen LogP) is 3.15. The van der Waals surface area contributed by atoms with Crippen LogP contribution in [0.25, 0.3) is 0 Å². The van der Waals surface area contributed by atoms with E-state index in [1.165, 1.54) is 11.0 Å². The highest BCUT2D eigenvalue weighted by Gasteiger charge is 2.47. The topological polar surface area (TPSA) is 0 Å². The highest BCUT2D eigenvalue weighted by atomic mass is 15.4. The van der Waals surface area contributed by atoms with Gasteiger partial charge in [0.05, 0.1) is 25.7 Å². The van der Waals surface area contributed by atoms with Gasteiger partial charge in [0.25, 0.3) is 0 Å². The molecular weight excluding hydrogens is 170 g/mol. The molecular formula is C13H28N+. The number of hydrogen-bond acceptors (Lipinski definition) is 0. The summed E-state index contributed by atoms with van der Waals surface area (Å²) in [5, 5.41) is 0. The Labute approximate surface area is 90.1 Å². The normalized spacial score (nSPS) is 54.6. The number of rotatable bonds is 1. The second-order valence-corrected chi connectivity index (χ2v) is 5.72. The van der Waals surface area contributed by atoms with Gasteiger partial charge in [-0.2, -0.15) is 0 Å². The minimum absolute atomic E-state index is 0.807. The second kappa shape index (κ2) is 3.84. The van der Waals surface area contributed by atoms with Gasteiger partial charge in [-0.1, -0.05) is 20.8 Å². The van der Waals surface area contributed by atoms with E-state index in [1.807, 2.05) is 0 Å². The van der Waals surface area contributed by atoms with E-state index in [4.69, 9.17) is 0 Å². The first-order valence-electron chi connectivity index (χ1n) is 6.21. The smallest absolute Gasteiger partial charge is 0.0890 e. The minimum atomic E-state index is 0.807. The number of nitrogens with zero attached hydrogens (tertiary/aromatic N) is 1. The van der Waals surface area contributed by atoms with E-state index in [-0.39, 0.29) is 0 Å². The van der Waals surface area contributed by atoms with Crippen LogP contribution in [0.3, 0.4) is 0 Å². The van der Waals surface area contributed by atoms with Crippen LogP contribution in [0.4, 0.5) is 0 Å². The first kappa shape index (κ1) is 12.0. The van der Waals surface area contributed by atoms with E-state index in [2.05, 4.69) is 48.6 Å². The Bertz CT molecular complexity index is 183. The number of likely N-dealkylation sites (tertiary alicyclic amines) is 1. The molecule has 0 saturated carbocycles. The van der Waals surface area contributed by atoms with Crippen molar-refractivity contribution in [3.8, 4) is 0 Å². The van der Waals surface area contributed by atoms with Crippen LogP contribution in [0.15, 0.2) is 0 Å². The highest BCUT2D eigenvalue weighted by Crippen LogP contribution is 2.40. The van der Waals surface area contributed by atoms with Crippen LogP contribution in [0, 0.1) is 17.8 Å². The van der Waals surface area contributed by atoms with Crippen LogP contribution in [-0.4, -0.2) is 30.2 Å². The lowest BCUT2D eigenvalue weighted by atomic mass is 9.71. The van der Waals surface area contributed by atoms with Crippen molar-refractivity contribution < 1.29 is 4.48 Å². The van der Waals surface area contributed by atoms with Crippen molar-refractivity contribution >= 4 is 0 Å². The lowest BCUT2D eigenvalue weighted by Crippen LogP contribution is -2.66. The molecule has 1 heteroatoms. The molecule has 4 atom stereocenters. The van der Waals surface area contributed by atoms with Crippen LogP contribution in [0.1, 0.15) is 41.5 Å². The van der Waals surface area contributed by atoms with Crippen molar-refractivity contribution in [2.45, 2.75) is 53.6 Å². The molecule has 0 aromatic carbocycles. The molecule has 1 nitrogen and oxygen atoms in total. The molecule has 84 valence electrons. The fraction of sp³-hybridized carbons (Fsp3) is 1.00. The van der Waals surface area contributed by atoms with Gasteiger partial charge in [0, 0.05) is 11.8 Å². The van der Waals surface area contributed by atoms with Gasteiger partial charge in [0.2, 0.25) is 0 Å². The number of hydrogen-bond donors (Lipinski definition) is 0. The predicted molar refractivity (Wildman–Crippen MR) is 63.1 cm³/mol. The zero-order chi connectivity index (χ0) is 11.1. The molecule has 0 spiro atoms. The average Bonchev–Trinajstić information content (AvgIpc) is 2.21. The van der Waals surface area contributed by atoms with E-state index >= 15 is 0 Å². The summed E-state index contributed by atoms with van der Waals surface area (Å²) in [6.45, 7) is 15.8. The van der Waals surface area contributed by atoms with Crippen molar-refractivity contribution in [2.75, 3.05) is 13.6 Å². The summed E-state index contributed by atoms with van der Waals surface area (Å²) in [6, 6.07) is 1.61. The molecule has 0 aliphatic carbocycles. The molecule has 0 aromatic rings. The van der Waals surface area contributed by atoms with E-state index in [9.17, 15) is 0 Å².